The number of carbonyl (C=O) groups excluding carboxylic acids is 1. The van der Waals surface area contributed by atoms with Crippen LogP contribution in [-0.4, -0.2) is 30.2 Å². The largest absolute Gasteiger partial charge is 0.473 e. The molecule has 0 atom stereocenters. The van der Waals surface area contributed by atoms with Crippen LogP contribution in [0, 0.1) is 0 Å². The lowest BCUT2D eigenvalue weighted by atomic mass is 10.1. The van der Waals surface area contributed by atoms with Crippen molar-refractivity contribution in [1.82, 2.24) is 4.98 Å². The van der Waals surface area contributed by atoms with Crippen LogP contribution < -0.4 is 10.1 Å². The summed E-state index contributed by atoms with van der Waals surface area (Å²) < 4.78 is 11.2. The van der Waals surface area contributed by atoms with Crippen LogP contribution in [0.4, 0.5) is 5.69 Å². The third kappa shape index (κ3) is 3.78. The molecule has 1 N–H and O–H groups in total. The second kappa shape index (κ2) is 8.09. The smallest absolute Gasteiger partial charge is 0.257 e. The molecule has 2 heterocycles. The summed E-state index contributed by atoms with van der Waals surface area (Å²) >= 11 is 6.33. The number of nitrogens with zero attached hydrogens (tertiary/aromatic N) is 1. The molecule has 152 valence electrons. The summed E-state index contributed by atoms with van der Waals surface area (Å²) in [5.74, 6) is 0.105. The van der Waals surface area contributed by atoms with Crippen molar-refractivity contribution in [2.45, 2.75) is 25.4 Å². The molecule has 1 aromatic heterocycles. The van der Waals surface area contributed by atoms with E-state index in [1.54, 1.807) is 6.07 Å². The van der Waals surface area contributed by atoms with E-state index in [2.05, 4.69) is 40.6 Å². The van der Waals surface area contributed by atoms with Gasteiger partial charge in [0.15, 0.2) is 0 Å². The highest BCUT2D eigenvalue weighted by Gasteiger charge is 2.20. The highest BCUT2D eigenvalue weighted by Crippen LogP contribution is 2.37. The van der Waals surface area contributed by atoms with Crippen molar-refractivity contribution in [3.8, 4) is 17.0 Å². The van der Waals surface area contributed by atoms with E-state index in [0.717, 1.165) is 24.9 Å². The zero-order valence-electron chi connectivity index (χ0n) is 16.4. The van der Waals surface area contributed by atoms with Crippen LogP contribution >= 0.6 is 11.6 Å². The lowest BCUT2D eigenvalue weighted by molar-refractivity contribution is 0.0238. The Balaban J connectivity index is 1.29. The number of nitrogens with one attached hydrogen (secondary N) is 1. The number of carbonyl (C=O) groups is 1. The number of rotatable bonds is 4. The summed E-state index contributed by atoms with van der Waals surface area (Å²) in [6, 6.07) is 16.0. The highest BCUT2D eigenvalue weighted by atomic mass is 35.5. The van der Waals surface area contributed by atoms with Gasteiger partial charge in [0.2, 0.25) is 5.88 Å². The van der Waals surface area contributed by atoms with Gasteiger partial charge in [-0.3, -0.25) is 4.79 Å². The lowest BCUT2D eigenvalue weighted by Gasteiger charge is -2.23. The minimum atomic E-state index is -0.252. The summed E-state index contributed by atoms with van der Waals surface area (Å²) in [7, 11) is 0. The Labute approximate surface area is 180 Å². The zero-order valence-corrected chi connectivity index (χ0v) is 17.1. The van der Waals surface area contributed by atoms with E-state index in [-0.39, 0.29) is 12.0 Å². The van der Waals surface area contributed by atoms with Crippen molar-refractivity contribution in [3.63, 3.8) is 0 Å². The van der Waals surface area contributed by atoms with Crippen LogP contribution in [0.5, 0.6) is 5.88 Å². The number of hydrogen-bond donors (Lipinski definition) is 1. The number of aromatic nitrogens is 1. The topological polar surface area (TPSA) is 60.5 Å². The molecule has 0 radical (unpaired) electrons. The van der Waals surface area contributed by atoms with E-state index in [9.17, 15) is 4.79 Å². The van der Waals surface area contributed by atoms with E-state index in [1.807, 2.05) is 12.1 Å². The van der Waals surface area contributed by atoms with Gasteiger partial charge in [-0.2, -0.15) is 0 Å². The lowest BCUT2D eigenvalue weighted by Crippen LogP contribution is -2.26. The molecule has 1 aliphatic carbocycles. The average molecular weight is 421 g/mol. The predicted molar refractivity (Wildman–Crippen MR) is 116 cm³/mol. The van der Waals surface area contributed by atoms with E-state index >= 15 is 0 Å². The van der Waals surface area contributed by atoms with Gasteiger partial charge in [-0.15, -0.1) is 0 Å². The van der Waals surface area contributed by atoms with E-state index in [1.165, 1.54) is 28.5 Å². The molecule has 2 aromatic carbocycles. The standard InChI is InChI=1S/C24H21ClN2O3/c25-22-13-17(14-26-24(22)30-19-7-9-29-10-8-19)23(28)27-18-5-6-21-16(12-18)11-15-3-1-2-4-20(15)21/h1-6,12-14,19H,7-11H2,(H,27,28). The van der Waals surface area contributed by atoms with Gasteiger partial charge in [0, 0.05) is 24.7 Å². The Morgan fingerprint density at radius 1 is 1.07 bits per heavy atom. The molecule has 1 amide bonds. The normalized spacial score (nSPS) is 15.4. The first-order chi connectivity index (χ1) is 14.7. The molecule has 2 aliphatic rings. The van der Waals surface area contributed by atoms with Crippen LogP contribution in [0.25, 0.3) is 11.1 Å². The fourth-order valence-electron chi connectivity index (χ4n) is 4.01. The van der Waals surface area contributed by atoms with Gasteiger partial charge in [-0.25, -0.2) is 4.98 Å². The molecule has 30 heavy (non-hydrogen) atoms. The van der Waals surface area contributed by atoms with Crippen molar-refractivity contribution in [2.24, 2.45) is 0 Å². The van der Waals surface area contributed by atoms with Gasteiger partial charge in [0.05, 0.1) is 18.8 Å². The van der Waals surface area contributed by atoms with E-state index in [0.29, 0.717) is 29.7 Å². The number of anilines is 1. The number of benzene rings is 2. The third-order valence-corrected chi connectivity index (χ3v) is 5.84. The van der Waals surface area contributed by atoms with Crippen molar-refractivity contribution in [3.05, 3.63) is 76.4 Å². The molecule has 0 spiro atoms. The minimum Gasteiger partial charge on any atom is -0.473 e. The minimum absolute atomic E-state index is 0.0407. The maximum Gasteiger partial charge on any atom is 0.257 e. The summed E-state index contributed by atoms with van der Waals surface area (Å²) in [4.78, 5) is 17.0. The molecular formula is C24H21ClN2O3. The molecule has 0 saturated carbocycles. The van der Waals surface area contributed by atoms with E-state index in [4.69, 9.17) is 21.1 Å². The molecule has 5 rings (SSSR count). The fraction of sp³-hybridized carbons (Fsp3) is 0.250. The van der Waals surface area contributed by atoms with Gasteiger partial charge >= 0.3 is 0 Å². The maximum absolute atomic E-state index is 12.7. The number of hydrogen-bond acceptors (Lipinski definition) is 4. The predicted octanol–water partition coefficient (Wildman–Crippen LogP) is 5.12. The average Bonchev–Trinajstić information content (AvgIpc) is 3.13. The molecule has 3 aromatic rings. The number of amides is 1. The first-order valence-corrected chi connectivity index (χ1v) is 10.5. The molecule has 1 aliphatic heterocycles. The van der Waals surface area contributed by atoms with Crippen molar-refractivity contribution >= 4 is 23.2 Å². The maximum atomic E-state index is 12.7. The number of halogens is 1. The summed E-state index contributed by atoms with van der Waals surface area (Å²) in [5, 5.41) is 3.28. The number of pyridine rings is 1. The summed E-state index contributed by atoms with van der Waals surface area (Å²) in [6.45, 7) is 1.35. The number of ether oxygens (including phenoxy) is 2. The fourth-order valence-corrected chi connectivity index (χ4v) is 4.22. The van der Waals surface area contributed by atoms with Crippen molar-refractivity contribution < 1.29 is 14.3 Å². The second-order valence-electron chi connectivity index (χ2n) is 7.60. The SMILES string of the molecule is O=C(Nc1ccc2c(c1)Cc1ccccc1-2)c1cnc(OC2CCOCC2)c(Cl)c1. The van der Waals surface area contributed by atoms with Crippen molar-refractivity contribution in [1.29, 1.82) is 0 Å². The van der Waals surface area contributed by atoms with Crippen LogP contribution in [0.1, 0.15) is 34.3 Å². The quantitative estimate of drug-likeness (QED) is 0.498. The van der Waals surface area contributed by atoms with Crippen LogP contribution in [0.3, 0.4) is 0 Å². The first kappa shape index (κ1) is 19.1. The van der Waals surface area contributed by atoms with Crippen LogP contribution in [0.15, 0.2) is 54.7 Å². The Kier molecular flexibility index (Phi) is 5.15. The molecule has 5 nitrogen and oxygen atoms in total. The van der Waals surface area contributed by atoms with Gasteiger partial charge < -0.3 is 14.8 Å². The van der Waals surface area contributed by atoms with E-state index < -0.39 is 0 Å². The summed E-state index contributed by atoms with van der Waals surface area (Å²) in [5.41, 5.74) is 6.16. The Hall–Kier alpha value is -2.89. The molecule has 0 unspecified atom stereocenters. The second-order valence-corrected chi connectivity index (χ2v) is 8.01. The first-order valence-electron chi connectivity index (χ1n) is 10.1. The Bertz CT molecular complexity index is 1110. The van der Waals surface area contributed by atoms with Gasteiger partial charge in [0.25, 0.3) is 5.91 Å². The molecule has 1 saturated heterocycles. The van der Waals surface area contributed by atoms with Crippen LogP contribution in [0.2, 0.25) is 5.02 Å². The third-order valence-electron chi connectivity index (χ3n) is 5.57. The molecule has 0 bridgehead atoms. The van der Waals surface area contributed by atoms with Gasteiger partial charge in [-0.05, 0) is 46.9 Å². The van der Waals surface area contributed by atoms with Gasteiger partial charge in [0.1, 0.15) is 11.1 Å². The Morgan fingerprint density at radius 2 is 1.87 bits per heavy atom. The highest BCUT2D eigenvalue weighted by molar-refractivity contribution is 6.32. The molecule has 6 heteroatoms. The van der Waals surface area contributed by atoms with Gasteiger partial charge in [-0.1, -0.05) is 41.9 Å². The molecular weight excluding hydrogens is 400 g/mol. The van der Waals surface area contributed by atoms with Crippen molar-refractivity contribution in [2.75, 3.05) is 18.5 Å². The molecule has 1 fully saturated rings. The Morgan fingerprint density at radius 3 is 2.70 bits per heavy atom. The zero-order chi connectivity index (χ0) is 20.5. The van der Waals surface area contributed by atoms with Crippen LogP contribution in [-0.2, 0) is 11.2 Å². The summed E-state index contributed by atoms with van der Waals surface area (Å²) in [6.07, 6.45) is 4.03. The number of fused-ring (bicyclic) bond motifs is 3. The monoisotopic (exact) mass is 420 g/mol.